The van der Waals surface area contributed by atoms with Crippen molar-refractivity contribution in [2.45, 2.75) is 25.0 Å². The molecule has 0 bridgehead atoms. The minimum Gasteiger partial charge on any atom is -0.494 e. The average molecular weight is 373 g/mol. The number of carbonyl (C=O) groups is 1. The van der Waals surface area contributed by atoms with Crippen LogP contribution < -0.4 is 19.5 Å². The third kappa shape index (κ3) is 3.42. The van der Waals surface area contributed by atoms with Gasteiger partial charge in [-0.1, -0.05) is 6.07 Å². The lowest BCUT2D eigenvalue weighted by atomic mass is 9.75. The third-order valence-electron chi connectivity index (χ3n) is 5.08. The number of aliphatic hydroxyl groups excluding tert-OH is 1. The molecule has 2 aromatic carbocycles. The molecule has 0 aromatic heterocycles. The molecule has 1 aliphatic heterocycles. The van der Waals surface area contributed by atoms with Crippen molar-refractivity contribution in [3.63, 3.8) is 0 Å². The van der Waals surface area contributed by atoms with E-state index >= 15 is 0 Å². The second-order valence-corrected chi connectivity index (χ2v) is 6.80. The number of carbonyl (C=O) groups excluding carboxylic acids is 1. The molecule has 2 aromatic rings. The van der Waals surface area contributed by atoms with Crippen LogP contribution in [-0.4, -0.2) is 31.0 Å². The maximum absolute atomic E-state index is 14.2. The van der Waals surface area contributed by atoms with Gasteiger partial charge in [0.15, 0.2) is 23.1 Å². The van der Waals surface area contributed by atoms with Gasteiger partial charge in [-0.05, 0) is 54.7 Å². The molecule has 1 saturated carbocycles. The van der Waals surface area contributed by atoms with Crippen LogP contribution in [0.4, 0.5) is 4.39 Å². The van der Waals surface area contributed by atoms with Crippen molar-refractivity contribution in [1.82, 2.24) is 5.32 Å². The van der Waals surface area contributed by atoms with E-state index in [2.05, 4.69) is 5.32 Å². The number of halogens is 1. The molecule has 4 rings (SSSR count). The number of methoxy groups -OCH3 is 1. The summed E-state index contributed by atoms with van der Waals surface area (Å²) in [5.74, 6) is 0.517. The van der Waals surface area contributed by atoms with Crippen molar-refractivity contribution in [3.05, 3.63) is 53.3 Å². The van der Waals surface area contributed by atoms with E-state index in [1.165, 1.54) is 13.2 Å². The minimum absolute atomic E-state index is 0.0331. The highest BCUT2D eigenvalue weighted by atomic mass is 19.1. The molecule has 1 aliphatic carbocycles. The summed E-state index contributed by atoms with van der Waals surface area (Å²) >= 11 is 0. The smallest absolute Gasteiger partial charge is 0.251 e. The summed E-state index contributed by atoms with van der Waals surface area (Å²) in [7, 11) is 1.40. The predicted molar refractivity (Wildman–Crippen MR) is 94.5 cm³/mol. The highest BCUT2D eigenvalue weighted by Crippen LogP contribution is 2.39. The molecule has 27 heavy (non-hydrogen) atoms. The maximum Gasteiger partial charge on any atom is 0.251 e. The van der Waals surface area contributed by atoms with Crippen LogP contribution in [0.25, 0.3) is 0 Å². The summed E-state index contributed by atoms with van der Waals surface area (Å²) < 4.78 is 29.7. The lowest BCUT2D eigenvalue weighted by Gasteiger charge is -2.38. The zero-order valence-corrected chi connectivity index (χ0v) is 14.8. The number of nitrogens with one attached hydrogen (secondary N) is 1. The van der Waals surface area contributed by atoms with Crippen LogP contribution in [0.3, 0.4) is 0 Å². The second-order valence-electron chi connectivity index (χ2n) is 6.80. The summed E-state index contributed by atoms with van der Waals surface area (Å²) in [6.45, 7) is 0.133. The lowest BCUT2D eigenvalue weighted by Crippen LogP contribution is -2.41. The van der Waals surface area contributed by atoms with Gasteiger partial charge < -0.3 is 24.6 Å². The van der Waals surface area contributed by atoms with Crippen molar-refractivity contribution in [3.8, 4) is 17.2 Å². The number of rotatable bonds is 5. The van der Waals surface area contributed by atoms with E-state index in [9.17, 15) is 14.3 Å². The van der Waals surface area contributed by atoms with Crippen LogP contribution in [-0.2, 0) is 0 Å². The molecule has 0 radical (unpaired) electrons. The van der Waals surface area contributed by atoms with Crippen LogP contribution in [0.5, 0.6) is 17.2 Å². The molecule has 142 valence electrons. The van der Waals surface area contributed by atoms with Crippen LogP contribution in [0, 0.1) is 11.7 Å². The average Bonchev–Trinajstić information content (AvgIpc) is 3.11. The first-order chi connectivity index (χ1) is 13.0. The first-order valence-corrected chi connectivity index (χ1v) is 8.77. The molecule has 2 N–H and O–H groups in total. The number of benzene rings is 2. The monoisotopic (exact) mass is 373 g/mol. The van der Waals surface area contributed by atoms with Gasteiger partial charge in [-0.15, -0.1) is 0 Å². The Bertz CT molecular complexity index is 865. The fourth-order valence-electron chi connectivity index (χ4n) is 3.51. The molecule has 0 unspecified atom stereocenters. The van der Waals surface area contributed by atoms with Gasteiger partial charge in [0.1, 0.15) is 0 Å². The van der Waals surface area contributed by atoms with E-state index in [0.29, 0.717) is 35.5 Å². The number of hydrogen-bond donors (Lipinski definition) is 2. The number of hydrogen-bond acceptors (Lipinski definition) is 5. The normalized spacial score (nSPS) is 21.3. The Morgan fingerprint density at radius 3 is 2.70 bits per heavy atom. The standard InChI is InChI=1S/C20H20FNO5/c1-25-16-4-2-11(8-15(16)21)19(13-6-14(23)7-13)22-20(24)12-3-5-17-18(9-12)27-10-26-17/h2-5,8-9,13-14,19,23H,6-7,10H2,1H3,(H,22,24)/t13?,14?,19-/m1/s1. The van der Waals surface area contributed by atoms with Gasteiger partial charge in [0.2, 0.25) is 6.79 Å². The Labute approximate surface area is 155 Å². The summed E-state index contributed by atoms with van der Waals surface area (Å²) in [5, 5.41) is 12.6. The van der Waals surface area contributed by atoms with E-state index in [1.807, 2.05) is 0 Å². The number of ether oxygens (including phenoxy) is 3. The molecular formula is C20H20FNO5. The first kappa shape index (κ1) is 17.6. The predicted octanol–water partition coefficient (Wildman–Crippen LogP) is 2.81. The molecule has 1 amide bonds. The lowest BCUT2D eigenvalue weighted by molar-refractivity contribution is 0.0234. The zero-order chi connectivity index (χ0) is 19.0. The molecular weight excluding hydrogens is 353 g/mol. The van der Waals surface area contributed by atoms with E-state index in [4.69, 9.17) is 14.2 Å². The van der Waals surface area contributed by atoms with Crippen molar-refractivity contribution in [2.24, 2.45) is 5.92 Å². The van der Waals surface area contributed by atoms with Crippen molar-refractivity contribution >= 4 is 5.91 Å². The quantitative estimate of drug-likeness (QED) is 0.843. The minimum atomic E-state index is -0.489. The molecule has 1 heterocycles. The molecule has 6 nitrogen and oxygen atoms in total. The summed E-state index contributed by atoms with van der Waals surface area (Å²) in [4.78, 5) is 12.8. The Morgan fingerprint density at radius 1 is 1.22 bits per heavy atom. The molecule has 7 heteroatoms. The zero-order valence-electron chi connectivity index (χ0n) is 14.8. The largest absolute Gasteiger partial charge is 0.494 e. The van der Waals surface area contributed by atoms with Crippen molar-refractivity contribution in [1.29, 1.82) is 0 Å². The van der Waals surface area contributed by atoms with E-state index in [1.54, 1.807) is 30.3 Å². The number of aliphatic hydroxyl groups is 1. The van der Waals surface area contributed by atoms with Gasteiger partial charge in [-0.25, -0.2) is 4.39 Å². The molecule has 0 saturated heterocycles. The Balaban J connectivity index is 1.58. The van der Waals surface area contributed by atoms with Crippen LogP contribution in [0.1, 0.15) is 34.8 Å². The van der Waals surface area contributed by atoms with Gasteiger partial charge in [0.05, 0.1) is 19.3 Å². The number of amides is 1. The van der Waals surface area contributed by atoms with E-state index in [-0.39, 0.29) is 30.5 Å². The Hall–Kier alpha value is -2.80. The summed E-state index contributed by atoms with van der Waals surface area (Å²) in [6, 6.07) is 9.20. The SMILES string of the molecule is COc1ccc([C@@H](NC(=O)c2ccc3c(c2)OCO3)C2CC(O)C2)cc1F. The van der Waals surface area contributed by atoms with Gasteiger partial charge in [0.25, 0.3) is 5.91 Å². The summed E-state index contributed by atoms with van der Waals surface area (Å²) in [5.41, 5.74) is 1.07. The maximum atomic E-state index is 14.2. The Morgan fingerprint density at radius 2 is 2.00 bits per heavy atom. The van der Waals surface area contributed by atoms with Crippen LogP contribution in [0.2, 0.25) is 0 Å². The number of fused-ring (bicyclic) bond motifs is 1. The second kappa shape index (κ2) is 7.08. The molecule has 1 fully saturated rings. The highest BCUT2D eigenvalue weighted by molar-refractivity contribution is 5.95. The van der Waals surface area contributed by atoms with Gasteiger partial charge >= 0.3 is 0 Å². The molecule has 2 aliphatic rings. The first-order valence-electron chi connectivity index (χ1n) is 8.77. The third-order valence-corrected chi connectivity index (χ3v) is 5.08. The van der Waals surface area contributed by atoms with E-state index in [0.717, 1.165) is 0 Å². The van der Waals surface area contributed by atoms with Crippen molar-refractivity contribution < 1.29 is 28.5 Å². The van der Waals surface area contributed by atoms with Crippen molar-refractivity contribution in [2.75, 3.05) is 13.9 Å². The molecule has 0 spiro atoms. The fourth-order valence-corrected chi connectivity index (χ4v) is 3.51. The van der Waals surface area contributed by atoms with Gasteiger partial charge in [-0.3, -0.25) is 4.79 Å². The van der Waals surface area contributed by atoms with Gasteiger partial charge in [0, 0.05) is 5.56 Å². The van der Waals surface area contributed by atoms with Gasteiger partial charge in [-0.2, -0.15) is 0 Å². The van der Waals surface area contributed by atoms with Crippen LogP contribution in [0.15, 0.2) is 36.4 Å². The fraction of sp³-hybridized carbons (Fsp3) is 0.350. The van der Waals surface area contributed by atoms with E-state index < -0.39 is 11.9 Å². The van der Waals surface area contributed by atoms with Crippen LogP contribution >= 0.6 is 0 Å². The Kier molecular flexibility index (Phi) is 4.61. The molecule has 1 atom stereocenters. The summed E-state index contributed by atoms with van der Waals surface area (Å²) in [6.07, 6.45) is 0.725. The highest BCUT2D eigenvalue weighted by Gasteiger charge is 2.36. The topological polar surface area (TPSA) is 77.0 Å².